The third kappa shape index (κ3) is 2.08. The van der Waals surface area contributed by atoms with E-state index in [4.69, 9.17) is 0 Å². The van der Waals surface area contributed by atoms with Gasteiger partial charge in [0.2, 0.25) is 0 Å². The number of carbonyl (C=O) groups is 1. The highest BCUT2D eigenvalue weighted by atomic mass is 16.4. The Balaban J connectivity index is 2.32. The molecule has 0 aliphatic carbocycles. The number of nitrogens with one attached hydrogen (secondary N) is 2. The summed E-state index contributed by atoms with van der Waals surface area (Å²) < 4.78 is 0. The molecular formula is C15H16N4O2. The van der Waals surface area contributed by atoms with Crippen LogP contribution in [0.25, 0.3) is 22.2 Å². The van der Waals surface area contributed by atoms with Crippen LogP contribution < -0.4 is 0 Å². The van der Waals surface area contributed by atoms with Crippen molar-refractivity contribution in [2.24, 2.45) is 0 Å². The second-order valence-electron chi connectivity index (χ2n) is 6.01. The minimum absolute atomic E-state index is 0.144. The number of carboxylic acids is 1. The van der Waals surface area contributed by atoms with Crippen LogP contribution in [0.3, 0.4) is 0 Å². The van der Waals surface area contributed by atoms with Gasteiger partial charge in [0.1, 0.15) is 5.69 Å². The lowest BCUT2D eigenvalue weighted by Gasteiger charge is -2.17. The van der Waals surface area contributed by atoms with Gasteiger partial charge in [-0.05, 0) is 12.1 Å². The minimum atomic E-state index is -0.968. The molecule has 0 radical (unpaired) electrons. The van der Waals surface area contributed by atoms with E-state index in [9.17, 15) is 9.90 Å². The Hall–Kier alpha value is -2.63. The molecule has 0 spiro atoms. The number of aromatic nitrogens is 4. The van der Waals surface area contributed by atoms with Gasteiger partial charge in [0.25, 0.3) is 0 Å². The van der Waals surface area contributed by atoms with E-state index in [1.54, 1.807) is 18.3 Å². The number of hydrogen-bond acceptors (Lipinski definition) is 3. The Bertz CT molecular complexity index is 824. The van der Waals surface area contributed by atoms with Crippen LogP contribution in [0.5, 0.6) is 0 Å². The molecule has 2 aromatic heterocycles. The molecule has 0 bridgehead atoms. The van der Waals surface area contributed by atoms with E-state index < -0.39 is 5.97 Å². The number of hydrogen-bond donors (Lipinski definition) is 3. The van der Waals surface area contributed by atoms with Crippen LogP contribution in [0, 0.1) is 0 Å². The third-order valence-corrected chi connectivity index (χ3v) is 3.46. The average Bonchev–Trinajstić information content (AvgIpc) is 3.03. The van der Waals surface area contributed by atoms with Gasteiger partial charge in [-0.3, -0.25) is 10.2 Å². The first kappa shape index (κ1) is 13.4. The van der Waals surface area contributed by atoms with E-state index in [1.165, 1.54) is 0 Å². The average molecular weight is 284 g/mol. The largest absolute Gasteiger partial charge is 0.478 e. The second kappa shape index (κ2) is 4.44. The molecule has 21 heavy (non-hydrogen) atoms. The second-order valence-corrected chi connectivity index (χ2v) is 6.01. The number of rotatable bonds is 2. The molecule has 2 heterocycles. The predicted molar refractivity (Wildman–Crippen MR) is 79.3 cm³/mol. The smallest absolute Gasteiger partial charge is 0.336 e. The fourth-order valence-corrected chi connectivity index (χ4v) is 2.48. The quantitative estimate of drug-likeness (QED) is 0.674. The van der Waals surface area contributed by atoms with Crippen LogP contribution >= 0.6 is 0 Å². The first-order chi connectivity index (χ1) is 9.89. The van der Waals surface area contributed by atoms with Crippen molar-refractivity contribution in [2.75, 3.05) is 0 Å². The van der Waals surface area contributed by atoms with Crippen LogP contribution in [-0.4, -0.2) is 31.5 Å². The number of carboxylic acid groups (broad SMARTS) is 1. The lowest BCUT2D eigenvalue weighted by molar-refractivity contribution is 0.0699. The van der Waals surface area contributed by atoms with E-state index >= 15 is 0 Å². The van der Waals surface area contributed by atoms with E-state index in [-0.39, 0.29) is 11.0 Å². The van der Waals surface area contributed by atoms with Gasteiger partial charge < -0.3 is 5.11 Å². The van der Waals surface area contributed by atoms with Crippen molar-refractivity contribution < 1.29 is 9.90 Å². The first-order valence-electron chi connectivity index (χ1n) is 6.64. The summed E-state index contributed by atoms with van der Waals surface area (Å²) in [6, 6.07) is 5.10. The number of aromatic carboxylic acids is 1. The van der Waals surface area contributed by atoms with Crippen molar-refractivity contribution in [3.05, 3.63) is 35.7 Å². The fourth-order valence-electron chi connectivity index (χ4n) is 2.48. The van der Waals surface area contributed by atoms with E-state index in [2.05, 4.69) is 41.2 Å². The Morgan fingerprint density at radius 1 is 1.24 bits per heavy atom. The van der Waals surface area contributed by atoms with E-state index in [0.717, 1.165) is 11.3 Å². The van der Waals surface area contributed by atoms with Crippen LogP contribution in [0.1, 0.15) is 36.8 Å². The summed E-state index contributed by atoms with van der Waals surface area (Å²) in [5, 5.41) is 24.3. The van der Waals surface area contributed by atoms with Crippen LogP contribution in [0.15, 0.2) is 24.4 Å². The maximum absolute atomic E-state index is 11.5. The molecule has 6 nitrogen and oxygen atoms in total. The molecule has 6 heteroatoms. The SMILES string of the molecule is CC(C)(C)c1[nH]ncc1-c1n[nH]c2cccc(C(=O)O)c12. The molecule has 0 aliphatic rings. The topological polar surface area (TPSA) is 94.7 Å². The van der Waals surface area contributed by atoms with Crippen molar-refractivity contribution in [2.45, 2.75) is 26.2 Å². The summed E-state index contributed by atoms with van der Waals surface area (Å²) in [7, 11) is 0. The molecule has 0 atom stereocenters. The zero-order valence-corrected chi connectivity index (χ0v) is 12.1. The summed E-state index contributed by atoms with van der Waals surface area (Å²) in [6.07, 6.45) is 1.69. The first-order valence-corrected chi connectivity index (χ1v) is 6.64. The Morgan fingerprint density at radius 2 is 2.00 bits per heavy atom. The molecule has 3 N–H and O–H groups in total. The van der Waals surface area contributed by atoms with Gasteiger partial charge in [0.15, 0.2) is 0 Å². The Morgan fingerprint density at radius 3 is 2.67 bits per heavy atom. The molecule has 0 aliphatic heterocycles. The van der Waals surface area contributed by atoms with E-state index in [1.807, 2.05) is 6.07 Å². The maximum Gasteiger partial charge on any atom is 0.336 e. The molecule has 0 saturated carbocycles. The lowest BCUT2D eigenvalue weighted by atomic mass is 9.88. The van der Waals surface area contributed by atoms with E-state index in [0.29, 0.717) is 16.6 Å². The normalized spacial score (nSPS) is 12.0. The summed E-state index contributed by atoms with van der Waals surface area (Å²) >= 11 is 0. The summed E-state index contributed by atoms with van der Waals surface area (Å²) in [4.78, 5) is 11.5. The minimum Gasteiger partial charge on any atom is -0.478 e. The summed E-state index contributed by atoms with van der Waals surface area (Å²) in [6.45, 7) is 6.20. The highest BCUT2D eigenvalue weighted by Crippen LogP contribution is 2.35. The number of H-pyrrole nitrogens is 2. The molecule has 0 saturated heterocycles. The molecule has 3 rings (SSSR count). The van der Waals surface area contributed by atoms with Gasteiger partial charge in [-0.15, -0.1) is 0 Å². The number of benzene rings is 1. The maximum atomic E-state index is 11.5. The third-order valence-electron chi connectivity index (χ3n) is 3.46. The molecule has 3 aromatic rings. The van der Waals surface area contributed by atoms with Gasteiger partial charge in [-0.25, -0.2) is 4.79 Å². The zero-order chi connectivity index (χ0) is 15.2. The van der Waals surface area contributed by atoms with Crippen molar-refractivity contribution in [1.82, 2.24) is 20.4 Å². The lowest BCUT2D eigenvalue weighted by Crippen LogP contribution is -2.13. The van der Waals surface area contributed by atoms with Gasteiger partial charge >= 0.3 is 5.97 Å². The van der Waals surface area contributed by atoms with Crippen LogP contribution in [-0.2, 0) is 5.41 Å². The van der Waals surface area contributed by atoms with Crippen molar-refractivity contribution >= 4 is 16.9 Å². The van der Waals surface area contributed by atoms with Crippen molar-refractivity contribution in [3.8, 4) is 11.3 Å². The van der Waals surface area contributed by atoms with Gasteiger partial charge in [-0.2, -0.15) is 10.2 Å². The molecule has 0 fully saturated rings. The molecular weight excluding hydrogens is 268 g/mol. The fraction of sp³-hybridized carbons (Fsp3) is 0.267. The van der Waals surface area contributed by atoms with Gasteiger partial charge in [0.05, 0.1) is 17.3 Å². The zero-order valence-electron chi connectivity index (χ0n) is 12.1. The Labute approximate surface area is 121 Å². The molecule has 1 aromatic carbocycles. The van der Waals surface area contributed by atoms with Gasteiger partial charge in [0, 0.05) is 22.1 Å². The van der Waals surface area contributed by atoms with Gasteiger partial charge in [-0.1, -0.05) is 26.8 Å². The molecule has 0 unspecified atom stereocenters. The van der Waals surface area contributed by atoms with Crippen molar-refractivity contribution in [3.63, 3.8) is 0 Å². The highest BCUT2D eigenvalue weighted by molar-refractivity contribution is 6.08. The van der Waals surface area contributed by atoms with Crippen LogP contribution in [0.2, 0.25) is 0 Å². The number of nitrogens with zero attached hydrogens (tertiary/aromatic N) is 2. The van der Waals surface area contributed by atoms with Crippen molar-refractivity contribution in [1.29, 1.82) is 0 Å². The summed E-state index contributed by atoms with van der Waals surface area (Å²) in [5.41, 5.74) is 3.15. The molecule has 108 valence electrons. The number of aromatic amines is 2. The summed E-state index contributed by atoms with van der Waals surface area (Å²) in [5.74, 6) is -0.968. The highest BCUT2D eigenvalue weighted by Gasteiger charge is 2.25. The van der Waals surface area contributed by atoms with Crippen LogP contribution in [0.4, 0.5) is 0 Å². The standard InChI is InChI=1S/C15H16N4O2/c1-15(2,3)13-9(7-16-19-13)12-11-8(14(20)21)5-4-6-10(11)17-18-12/h4-7H,1-3H3,(H,16,19)(H,17,18)(H,20,21). The number of fused-ring (bicyclic) bond motifs is 1. The monoisotopic (exact) mass is 284 g/mol. The Kier molecular flexibility index (Phi) is 2.83. The molecule has 0 amide bonds. The predicted octanol–water partition coefficient (Wildman–Crippen LogP) is 2.95.